The molecule has 0 radical (unpaired) electrons. The second-order valence-corrected chi connectivity index (χ2v) is 10.8. The van der Waals surface area contributed by atoms with E-state index in [0.717, 1.165) is 41.5 Å². The zero-order chi connectivity index (χ0) is 20.9. The standard InChI is InChI=1S/C19H16ClN5OS4/c1-2-7-21-14(26)9-28-18-24-25-19(30-18)29-17-15-13(8-27-16(15)22-10-23-17)11-3-5-12(20)6-4-11/h3-6,8,10H,2,7,9H2,1H3,(H,21,26). The monoisotopic (exact) mass is 493 g/mol. The summed E-state index contributed by atoms with van der Waals surface area (Å²) in [6.07, 6.45) is 2.49. The Morgan fingerprint density at radius 1 is 1.17 bits per heavy atom. The molecule has 30 heavy (non-hydrogen) atoms. The third-order valence-electron chi connectivity index (χ3n) is 3.96. The summed E-state index contributed by atoms with van der Waals surface area (Å²) < 4.78 is 1.54. The lowest BCUT2D eigenvalue weighted by atomic mass is 10.1. The number of benzene rings is 1. The molecule has 3 heterocycles. The van der Waals surface area contributed by atoms with Crippen molar-refractivity contribution in [3.8, 4) is 11.1 Å². The average molecular weight is 494 g/mol. The first kappa shape index (κ1) is 21.5. The van der Waals surface area contributed by atoms with Gasteiger partial charge in [0.1, 0.15) is 16.2 Å². The van der Waals surface area contributed by atoms with Crippen molar-refractivity contribution in [3.05, 3.63) is 41.0 Å². The maximum absolute atomic E-state index is 11.8. The number of amides is 1. The molecule has 0 aliphatic rings. The number of thioether (sulfide) groups is 1. The van der Waals surface area contributed by atoms with Gasteiger partial charge in [-0.25, -0.2) is 9.97 Å². The molecule has 0 fully saturated rings. The lowest BCUT2D eigenvalue weighted by molar-refractivity contribution is -0.118. The molecule has 0 aliphatic carbocycles. The van der Waals surface area contributed by atoms with Crippen LogP contribution in [0.3, 0.4) is 0 Å². The molecule has 11 heteroatoms. The van der Waals surface area contributed by atoms with Crippen LogP contribution in [0.25, 0.3) is 21.3 Å². The fourth-order valence-corrected chi connectivity index (χ4v) is 6.57. The molecule has 3 aromatic heterocycles. The summed E-state index contributed by atoms with van der Waals surface area (Å²) in [4.78, 5) is 21.6. The molecular weight excluding hydrogens is 478 g/mol. The van der Waals surface area contributed by atoms with Gasteiger partial charge in [-0.3, -0.25) is 4.79 Å². The van der Waals surface area contributed by atoms with Gasteiger partial charge < -0.3 is 5.32 Å². The quantitative estimate of drug-likeness (QED) is 0.251. The second-order valence-electron chi connectivity index (χ2n) is 6.09. The van der Waals surface area contributed by atoms with E-state index >= 15 is 0 Å². The number of rotatable bonds is 8. The number of nitrogens with one attached hydrogen (secondary N) is 1. The molecule has 1 N–H and O–H groups in total. The van der Waals surface area contributed by atoms with Gasteiger partial charge in [-0.15, -0.1) is 21.5 Å². The number of nitrogens with zero attached hydrogens (tertiary/aromatic N) is 4. The number of carbonyl (C=O) groups is 1. The van der Waals surface area contributed by atoms with Crippen LogP contribution in [0.5, 0.6) is 0 Å². The summed E-state index contributed by atoms with van der Waals surface area (Å²) in [7, 11) is 0. The van der Waals surface area contributed by atoms with Gasteiger partial charge in [-0.2, -0.15) is 0 Å². The minimum absolute atomic E-state index is 0.00893. The number of thiophene rings is 1. The van der Waals surface area contributed by atoms with E-state index in [-0.39, 0.29) is 5.91 Å². The van der Waals surface area contributed by atoms with Crippen LogP contribution in [0.2, 0.25) is 5.02 Å². The second kappa shape index (κ2) is 10.1. The highest BCUT2D eigenvalue weighted by Crippen LogP contribution is 2.41. The molecule has 4 aromatic rings. The molecule has 0 atom stereocenters. The fraction of sp³-hybridized carbons (Fsp3) is 0.211. The van der Waals surface area contributed by atoms with Crippen LogP contribution in [0, 0.1) is 0 Å². The minimum atomic E-state index is 0.00893. The van der Waals surface area contributed by atoms with E-state index in [4.69, 9.17) is 11.6 Å². The van der Waals surface area contributed by atoms with Crippen LogP contribution in [0.4, 0.5) is 0 Å². The van der Waals surface area contributed by atoms with Crippen LogP contribution < -0.4 is 5.32 Å². The van der Waals surface area contributed by atoms with E-state index in [1.165, 1.54) is 34.9 Å². The van der Waals surface area contributed by atoms with Crippen LogP contribution in [0.15, 0.2) is 49.7 Å². The average Bonchev–Trinajstić information content (AvgIpc) is 3.39. The molecule has 0 spiro atoms. The Morgan fingerprint density at radius 3 is 2.77 bits per heavy atom. The summed E-state index contributed by atoms with van der Waals surface area (Å²) >= 11 is 11.9. The Morgan fingerprint density at radius 2 is 1.97 bits per heavy atom. The Balaban J connectivity index is 1.53. The normalized spacial score (nSPS) is 11.1. The Hall–Kier alpha value is -1.72. The van der Waals surface area contributed by atoms with Gasteiger partial charge in [0.15, 0.2) is 8.68 Å². The SMILES string of the molecule is CCCNC(=O)CSc1nnc(Sc2ncnc3scc(-c4ccc(Cl)cc4)c23)s1. The number of hydrogen-bond acceptors (Lipinski definition) is 9. The first-order chi connectivity index (χ1) is 14.6. The van der Waals surface area contributed by atoms with Crippen LogP contribution in [-0.4, -0.2) is 38.4 Å². The van der Waals surface area contributed by atoms with Crippen molar-refractivity contribution in [2.24, 2.45) is 0 Å². The highest BCUT2D eigenvalue weighted by atomic mass is 35.5. The Bertz CT molecular complexity index is 1160. The Labute approximate surface area is 194 Å². The third-order valence-corrected chi connectivity index (χ3v) is 8.21. The van der Waals surface area contributed by atoms with Crippen molar-refractivity contribution >= 4 is 73.9 Å². The van der Waals surface area contributed by atoms with Crippen molar-refractivity contribution in [3.63, 3.8) is 0 Å². The van der Waals surface area contributed by atoms with Gasteiger partial charge in [0.05, 0.1) is 11.1 Å². The van der Waals surface area contributed by atoms with Crippen molar-refractivity contribution < 1.29 is 4.79 Å². The number of hydrogen-bond donors (Lipinski definition) is 1. The molecule has 0 saturated heterocycles. The largest absolute Gasteiger partial charge is 0.355 e. The molecule has 6 nitrogen and oxygen atoms in total. The summed E-state index contributed by atoms with van der Waals surface area (Å²) in [6, 6.07) is 7.74. The van der Waals surface area contributed by atoms with E-state index in [1.807, 2.05) is 31.2 Å². The maximum Gasteiger partial charge on any atom is 0.230 e. The smallest absolute Gasteiger partial charge is 0.230 e. The molecule has 0 bridgehead atoms. The van der Waals surface area contributed by atoms with Crippen LogP contribution in [-0.2, 0) is 4.79 Å². The predicted octanol–water partition coefficient (Wildman–Crippen LogP) is 5.63. The molecular formula is C19H16ClN5OS4. The maximum atomic E-state index is 11.8. The number of carbonyl (C=O) groups excluding carboxylic acids is 1. The zero-order valence-corrected chi connectivity index (χ0v) is 19.8. The van der Waals surface area contributed by atoms with Crippen molar-refractivity contribution in [2.45, 2.75) is 27.0 Å². The predicted molar refractivity (Wildman–Crippen MR) is 126 cm³/mol. The highest BCUT2D eigenvalue weighted by Gasteiger charge is 2.16. The third kappa shape index (κ3) is 5.12. The Kier molecular flexibility index (Phi) is 7.21. The molecule has 154 valence electrons. The van der Waals surface area contributed by atoms with E-state index in [9.17, 15) is 4.79 Å². The zero-order valence-electron chi connectivity index (χ0n) is 15.8. The lowest BCUT2D eigenvalue weighted by Gasteiger charge is -2.03. The first-order valence-electron chi connectivity index (χ1n) is 9.03. The van der Waals surface area contributed by atoms with Gasteiger partial charge in [0, 0.05) is 22.5 Å². The minimum Gasteiger partial charge on any atom is -0.355 e. The first-order valence-corrected chi connectivity index (χ1v) is 12.9. The lowest BCUT2D eigenvalue weighted by Crippen LogP contribution is -2.25. The molecule has 1 amide bonds. The summed E-state index contributed by atoms with van der Waals surface area (Å²) in [5.41, 5.74) is 2.13. The molecule has 0 saturated carbocycles. The van der Waals surface area contributed by atoms with Gasteiger partial charge in [0.2, 0.25) is 5.91 Å². The van der Waals surface area contributed by atoms with Crippen LogP contribution in [0.1, 0.15) is 13.3 Å². The number of fused-ring (bicyclic) bond motifs is 1. The van der Waals surface area contributed by atoms with E-state index in [2.05, 4.69) is 30.9 Å². The summed E-state index contributed by atoms with van der Waals surface area (Å²) in [5, 5.41) is 15.9. The van der Waals surface area contributed by atoms with Gasteiger partial charge in [-0.05, 0) is 35.9 Å². The van der Waals surface area contributed by atoms with Crippen LogP contribution >= 0.6 is 57.8 Å². The summed E-state index contributed by atoms with van der Waals surface area (Å²) in [6.45, 7) is 2.72. The van der Waals surface area contributed by atoms with Gasteiger partial charge >= 0.3 is 0 Å². The van der Waals surface area contributed by atoms with Crippen molar-refractivity contribution in [1.29, 1.82) is 0 Å². The van der Waals surface area contributed by atoms with E-state index in [1.54, 1.807) is 17.7 Å². The summed E-state index contributed by atoms with van der Waals surface area (Å²) in [5.74, 6) is 0.345. The number of halogens is 1. The van der Waals surface area contributed by atoms with Crippen molar-refractivity contribution in [1.82, 2.24) is 25.5 Å². The van der Waals surface area contributed by atoms with Gasteiger partial charge in [-0.1, -0.05) is 53.8 Å². The highest BCUT2D eigenvalue weighted by molar-refractivity contribution is 8.03. The molecule has 0 unspecified atom stereocenters. The van der Waals surface area contributed by atoms with E-state index in [0.29, 0.717) is 17.3 Å². The fourth-order valence-electron chi connectivity index (χ4n) is 2.59. The molecule has 4 rings (SSSR count). The number of aromatic nitrogens is 4. The van der Waals surface area contributed by atoms with Gasteiger partial charge in [0.25, 0.3) is 0 Å². The van der Waals surface area contributed by atoms with Crippen molar-refractivity contribution in [2.75, 3.05) is 12.3 Å². The van der Waals surface area contributed by atoms with E-state index < -0.39 is 0 Å². The molecule has 0 aliphatic heterocycles. The topological polar surface area (TPSA) is 80.7 Å². The molecule has 1 aromatic carbocycles.